The molecule has 0 fully saturated rings. The fraction of sp³-hybridized carbons (Fsp3) is 0.214. The molecule has 0 aliphatic rings. The van der Waals surface area contributed by atoms with Crippen molar-refractivity contribution in [3.05, 3.63) is 58.0 Å². The number of benzene rings is 1. The third-order valence-electron chi connectivity index (χ3n) is 2.78. The van der Waals surface area contributed by atoms with E-state index in [0.29, 0.717) is 28.2 Å². The van der Waals surface area contributed by atoms with Crippen LogP contribution in [0.4, 0.5) is 0 Å². The quantitative estimate of drug-likeness (QED) is 0.855. The summed E-state index contributed by atoms with van der Waals surface area (Å²) >= 11 is 17.5. The Bertz CT molecular complexity index is 587. The van der Waals surface area contributed by atoms with Gasteiger partial charge in [-0.2, -0.15) is 0 Å². The molecule has 0 saturated heterocycles. The molecule has 2 aromatic rings. The van der Waals surface area contributed by atoms with Crippen molar-refractivity contribution in [3.63, 3.8) is 0 Å². The normalized spacial score (nSPS) is 10.3. The third kappa shape index (κ3) is 3.88. The van der Waals surface area contributed by atoms with Crippen molar-refractivity contribution in [3.8, 4) is 0 Å². The van der Waals surface area contributed by atoms with Gasteiger partial charge in [-0.1, -0.05) is 35.3 Å². The highest BCUT2D eigenvalue weighted by Gasteiger charge is 2.10. The highest BCUT2D eigenvalue weighted by molar-refractivity contribution is 7.80. The van der Waals surface area contributed by atoms with Crippen LogP contribution in [0.25, 0.3) is 0 Å². The molecule has 1 aromatic carbocycles. The van der Waals surface area contributed by atoms with E-state index in [4.69, 9.17) is 39.8 Å². The number of furan rings is 1. The lowest BCUT2D eigenvalue weighted by atomic mass is 10.2. The minimum atomic E-state index is 0.548. The van der Waals surface area contributed by atoms with Crippen LogP contribution in [-0.2, 0) is 13.1 Å². The van der Waals surface area contributed by atoms with E-state index in [1.807, 2.05) is 36.2 Å². The largest absolute Gasteiger partial charge is 0.467 e. The Balaban J connectivity index is 1.92. The van der Waals surface area contributed by atoms with E-state index in [2.05, 4.69) is 5.32 Å². The Labute approximate surface area is 133 Å². The van der Waals surface area contributed by atoms with Crippen LogP contribution >= 0.6 is 35.4 Å². The minimum Gasteiger partial charge on any atom is -0.467 e. The lowest BCUT2D eigenvalue weighted by molar-refractivity contribution is 0.469. The highest BCUT2D eigenvalue weighted by Crippen LogP contribution is 2.26. The average Bonchev–Trinajstić information content (AvgIpc) is 2.94. The summed E-state index contributed by atoms with van der Waals surface area (Å²) in [6.07, 6.45) is 1.63. The Morgan fingerprint density at radius 1 is 1.30 bits per heavy atom. The second kappa shape index (κ2) is 6.97. The van der Waals surface area contributed by atoms with Crippen LogP contribution in [0.3, 0.4) is 0 Å². The molecule has 0 radical (unpaired) electrons. The lowest BCUT2D eigenvalue weighted by Crippen LogP contribution is -2.36. The zero-order valence-electron chi connectivity index (χ0n) is 10.9. The third-order valence-corrected chi connectivity index (χ3v) is 4.09. The van der Waals surface area contributed by atoms with E-state index in [-0.39, 0.29) is 0 Å². The molecular weight excluding hydrogens is 315 g/mol. The van der Waals surface area contributed by atoms with Gasteiger partial charge in [0.05, 0.1) is 22.9 Å². The van der Waals surface area contributed by atoms with Gasteiger partial charge in [-0.3, -0.25) is 0 Å². The van der Waals surface area contributed by atoms with E-state index in [1.54, 1.807) is 12.3 Å². The molecule has 1 aromatic heterocycles. The summed E-state index contributed by atoms with van der Waals surface area (Å²) in [4.78, 5) is 1.90. The molecular formula is C14H14Cl2N2OS. The van der Waals surface area contributed by atoms with Gasteiger partial charge in [-0.25, -0.2) is 0 Å². The van der Waals surface area contributed by atoms with Crippen LogP contribution in [0.15, 0.2) is 41.0 Å². The summed E-state index contributed by atoms with van der Waals surface area (Å²) in [6.45, 7) is 1.14. The van der Waals surface area contributed by atoms with Crippen LogP contribution in [0.1, 0.15) is 11.3 Å². The molecule has 0 aliphatic heterocycles. The van der Waals surface area contributed by atoms with Crippen molar-refractivity contribution in [1.29, 1.82) is 0 Å². The summed E-state index contributed by atoms with van der Waals surface area (Å²) in [5.41, 5.74) is 0.934. The number of nitrogens with zero attached hydrogens (tertiary/aromatic N) is 1. The summed E-state index contributed by atoms with van der Waals surface area (Å²) < 4.78 is 5.24. The lowest BCUT2D eigenvalue weighted by Gasteiger charge is -2.21. The average molecular weight is 329 g/mol. The van der Waals surface area contributed by atoms with Gasteiger partial charge >= 0.3 is 0 Å². The van der Waals surface area contributed by atoms with E-state index in [9.17, 15) is 0 Å². The van der Waals surface area contributed by atoms with Crippen molar-refractivity contribution in [2.45, 2.75) is 13.1 Å². The van der Waals surface area contributed by atoms with Crippen LogP contribution in [-0.4, -0.2) is 17.1 Å². The van der Waals surface area contributed by atoms with Gasteiger partial charge in [0.2, 0.25) is 0 Å². The SMILES string of the molecule is CN(Cc1cccc(Cl)c1Cl)C(=S)NCc1ccco1. The van der Waals surface area contributed by atoms with Gasteiger partial charge in [0.25, 0.3) is 0 Å². The van der Waals surface area contributed by atoms with Gasteiger partial charge in [-0.05, 0) is 36.0 Å². The number of thiocarbonyl (C=S) groups is 1. The molecule has 106 valence electrons. The maximum absolute atomic E-state index is 6.16. The maximum Gasteiger partial charge on any atom is 0.169 e. The zero-order valence-corrected chi connectivity index (χ0v) is 13.2. The highest BCUT2D eigenvalue weighted by atomic mass is 35.5. The number of hydrogen-bond acceptors (Lipinski definition) is 2. The van der Waals surface area contributed by atoms with Crippen LogP contribution in [0.2, 0.25) is 10.0 Å². The van der Waals surface area contributed by atoms with Gasteiger partial charge in [0.1, 0.15) is 5.76 Å². The van der Waals surface area contributed by atoms with E-state index in [0.717, 1.165) is 11.3 Å². The van der Waals surface area contributed by atoms with E-state index >= 15 is 0 Å². The second-order valence-electron chi connectivity index (χ2n) is 4.31. The fourth-order valence-electron chi connectivity index (χ4n) is 1.71. The fourth-order valence-corrected chi connectivity index (χ4v) is 2.23. The number of rotatable bonds is 4. The molecule has 1 heterocycles. The number of halogens is 2. The predicted octanol–water partition coefficient (Wildman–Crippen LogP) is 4.09. The summed E-state index contributed by atoms with van der Waals surface area (Å²) in [5.74, 6) is 0.835. The molecule has 0 atom stereocenters. The standard InChI is InChI=1S/C14H14Cl2N2OS/c1-18(9-10-4-2-6-12(15)13(10)16)14(20)17-8-11-5-3-7-19-11/h2-7H,8-9H2,1H3,(H,17,20). The van der Waals surface area contributed by atoms with Crippen molar-refractivity contribution in [2.24, 2.45) is 0 Å². The Hall–Kier alpha value is -1.23. The molecule has 3 nitrogen and oxygen atoms in total. The summed E-state index contributed by atoms with van der Waals surface area (Å²) in [6, 6.07) is 9.30. The molecule has 0 aliphatic carbocycles. The smallest absolute Gasteiger partial charge is 0.169 e. The molecule has 0 bridgehead atoms. The maximum atomic E-state index is 6.16. The second-order valence-corrected chi connectivity index (χ2v) is 5.48. The van der Waals surface area contributed by atoms with Crippen LogP contribution in [0, 0.1) is 0 Å². The first-order valence-electron chi connectivity index (χ1n) is 6.02. The molecule has 0 saturated carbocycles. The molecule has 0 unspecified atom stereocenters. The predicted molar refractivity (Wildman–Crippen MR) is 86.1 cm³/mol. The molecule has 6 heteroatoms. The molecule has 1 N–H and O–H groups in total. The van der Waals surface area contributed by atoms with Crippen molar-refractivity contribution in [2.75, 3.05) is 7.05 Å². The minimum absolute atomic E-state index is 0.548. The van der Waals surface area contributed by atoms with Crippen LogP contribution in [0.5, 0.6) is 0 Å². The van der Waals surface area contributed by atoms with Crippen LogP contribution < -0.4 is 5.32 Å². The zero-order chi connectivity index (χ0) is 14.5. The number of nitrogens with one attached hydrogen (secondary N) is 1. The Morgan fingerprint density at radius 2 is 2.10 bits per heavy atom. The van der Waals surface area contributed by atoms with E-state index < -0.39 is 0 Å². The summed E-state index contributed by atoms with van der Waals surface area (Å²) in [7, 11) is 1.90. The Morgan fingerprint density at radius 3 is 2.80 bits per heavy atom. The molecule has 2 rings (SSSR count). The van der Waals surface area contributed by atoms with E-state index in [1.165, 1.54) is 0 Å². The van der Waals surface area contributed by atoms with Crippen molar-refractivity contribution >= 4 is 40.5 Å². The van der Waals surface area contributed by atoms with Crippen molar-refractivity contribution < 1.29 is 4.42 Å². The topological polar surface area (TPSA) is 28.4 Å². The summed E-state index contributed by atoms with van der Waals surface area (Å²) in [5, 5.41) is 4.86. The van der Waals surface area contributed by atoms with Gasteiger partial charge in [0.15, 0.2) is 5.11 Å². The first-order valence-corrected chi connectivity index (χ1v) is 7.18. The monoisotopic (exact) mass is 328 g/mol. The van der Waals surface area contributed by atoms with Crippen molar-refractivity contribution in [1.82, 2.24) is 10.2 Å². The first-order chi connectivity index (χ1) is 9.58. The van der Waals surface area contributed by atoms with Gasteiger partial charge in [-0.15, -0.1) is 0 Å². The first kappa shape index (κ1) is 15.2. The Kier molecular flexibility index (Phi) is 5.29. The molecule has 0 spiro atoms. The van der Waals surface area contributed by atoms with Gasteiger partial charge in [0, 0.05) is 13.6 Å². The molecule has 20 heavy (non-hydrogen) atoms. The number of hydrogen-bond donors (Lipinski definition) is 1. The van der Waals surface area contributed by atoms with Gasteiger partial charge < -0.3 is 14.6 Å². The molecule has 0 amide bonds.